The molecule has 4 heterocycles. The lowest BCUT2D eigenvalue weighted by Gasteiger charge is -2.13. The molecule has 0 saturated carbocycles. The van der Waals surface area contributed by atoms with Gasteiger partial charge in [0.1, 0.15) is 19.0 Å². The number of nitrogen functional groups attached to an aromatic ring is 1. The second kappa shape index (κ2) is 37.0. The monoisotopic (exact) mass is 1650 g/mol. The maximum absolute atomic E-state index is 12.7. The number of methoxy groups -OCH3 is 8. The van der Waals surface area contributed by atoms with Crippen molar-refractivity contribution in [2.45, 2.75) is 32.1 Å². The van der Waals surface area contributed by atoms with Crippen LogP contribution in [-0.2, 0) is 23.3 Å². The Bertz CT molecular complexity index is 4250. The summed E-state index contributed by atoms with van der Waals surface area (Å²) in [5.74, 6) is 3.47. The highest BCUT2D eigenvalue weighted by molar-refractivity contribution is 14.1. The Morgan fingerprint density at radius 1 is 0.380 bits per heavy atom. The highest BCUT2D eigenvalue weighted by Gasteiger charge is 2.38. The Labute approximate surface area is 597 Å². The second-order valence-corrected chi connectivity index (χ2v) is 21.6. The predicted molar refractivity (Wildman–Crippen MR) is 378 cm³/mol. The van der Waals surface area contributed by atoms with Crippen LogP contribution in [0.3, 0.4) is 0 Å². The lowest BCUT2D eigenvalue weighted by atomic mass is 10.1. The number of nitrogens with two attached hydrogens (primary N) is 1. The molecule has 4 aromatic heterocycles. The first-order chi connectivity index (χ1) is 46.3. The third-order valence-electron chi connectivity index (χ3n) is 13.4. The van der Waals surface area contributed by atoms with Gasteiger partial charge in [0, 0.05) is 63.4 Å². The van der Waals surface area contributed by atoms with Gasteiger partial charge in [-0.05, 0) is 212 Å². The molecule has 0 aliphatic carbocycles. The van der Waals surface area contributed by atoms with Gasteiger partial charge >= 0.3 is 30.7 Å². The summed E-state index contributed by atoms with van der Waals surface area (Å²) in [7, 11) is 12.7. The van der Waals surface area contributed by atoms with Crippen LogP contribution in [0.1, 0.15) is 24.1 Å². The quantitative estimate of drug-likeness (QED) is 0.0387. The molecule has 0 fully saturated rings. The summed E-state index contributed by atoms with van der Waals surface area (Å²) < 4.78 is 187. The van der Waals surface area contributed by atoms with E-state index in [9.17, 15) is 52.7 Å². The molecule has 0 spiro atoms. The lowest BCUT2D eigenvalue weighted by Crippen LogP contribution is -2.21. The summed E-state index contributed by atoms with van der Waals surface area (Å²) in [4.78, 5) is 25.9. The van der Waals surface area contributed by atoms with Gasteiger partial charge in [-0.1, -0.05) is 7.43 Å². The van der Waals surface area contributed by atoms with Crippen molar-refractivity contribution in [3.63, 3.8) is 0 Å². The van der Waals surface area contributed by atoms with Crippen molar-refractivity contribution in [2.24, 2.45) is 0 Å². The van der Waals surface area contributed by atoms with Gasteiger partial charge in [0.25, 0.3) is 0 Å². The van der Waals surface area contributed by atoms with Crippen LogP contribution in [0.5, 0.6) is 46.0 Å². The molecule has 0 unspecified atom stereocenters. The summed E-state index contributed by atoms with van der Waals surface area (Å²) in [5, 5.41) is 20.8. The molecule has 0 amide bonds. The van der Waals surface area contributed by atoms with Crippen molar-refractivity contribution in [3.8, 4) is 46.0 Å². The highest BCUT2D eigenvalue weighted by atomic mass is 127. The van der Waals surface area contributed by atoms with Crippen LogP contribution in [0.4, 0.5) is 81.4 Å². The highest BCUT2D eigenvalue weighted by Crippen LogP contribution is 2.40. The fourth-order valence-corrected chi connectivity index (χ4v) is 9.81. The van der Waals surface area contributed by atoms with Crippen LogP contribution in [-0.4, -0.2) is 94.1 Å². The summed E-state index contributed by atoms with van der Waals surface area (Å²) in [6.07, 6.45) is -11.3. The van der Waals surface area contributed by atoms with Crippen LogP contribution in [0.25, 0.3) is 43.1 Å². The molecule has 0 radical (unpaired) electrons. The maximum Gasteiger partial charge on any atom is 0.490 e. The predicted octanol–water partition coefficient (Wildman–Crippen LogP) is 19.7. The van der Waals surface area contributed by atoms with Crippen molar-refractivity contribution in [1.29, 1.82) is 0 Å². The Morgan fingerprint density at radius 3 is 0.840 bits per heavy atom. The fourth-order valence-electron chi connectivity index (χ4n) is 8.56. The number of pyridine rings is 4. The number of anilines is 5. The van der Waals surface area contributed by atoms with Crippen LogP contribution in [0.2, 0.25) is 0 Å². The summed E-state index contributed by atoms with van der Waals surface area (Å²) in [6.45, 7) is 0. The number of ether oxygens (including phenoxy) is 8. The van der Waals surface area contributed by atoms with Gasteiger partial charge in [-0.25, -0.2) is 24.7 Å². The minimum absolute atomic E-state index is 0. The SMILES string of the molecule is C.COc1cc2ccnc(I)c2cc1OC.COc1cc2ccnc(I)c2cc1OC.COc1cc2ccnc(Nc3ccc(C(F)(F)F)cc3)c2cc1OC.COc1cc2ccnc(Nc3ccc(C(F)(F)F)cc3)c2cc1OC.Cl.Nc1ccc(C(F)(F)F)cc1.O=C(O)C(F)(F)F. The van der Waals surface area contributed by atoms with E-state index >= 15 is 0 Å². The molecule has 0 aliphatic rings. The fraction of sp³-hybridized carbons (Fsp3) is 0.191. The number of benzene rings is 7. The number of halogens is 15. The van der Waals surface area contributed by atoms with Gasteiger partial charge in [-0.2, -0.15) is 52.7 Å². The number of carboxylic acids is 1. The first-order valence-electron chi connectivity index (χ1n) is 27.8. The van der Waals surface area contributed by atoms with E-state index in [4.69, 9.17) is 53.5 Å². The third kappa shape index (κ3) is 22.7. The van der Waals surface area contributed by atoms with E-state index in [2.05, 4.69) is 75.8 Å². The molecule has 0 atom stereocenters. The number of rotatable bonds is 12. The van der Waals surface area contributed by atoms with Crippen LogP contribution in [0, 0.1) is 7.40 Å². The molecule has 11 aromatic rings. The largest absolute Gasteiger partial charge is 0.493 e. The van der Waals surface area contributed by atoms with Gasteiger partial charge in [-0.3, -0.25) is 0 Å². The number of alkyl halides is 12. The van der Waals surface area contributed by atoms with Crippen molar-refractivity contribution < 1.29 is 100 Å². The smallest absolute Gasteiger partial charge is 0.490 e. The van der Waals surface area contributed by atoms with E-state index in [1.807, 2.05) is 60.7 Å². The van der Waals surface area contributed by atoms with Gasteiger partial charge in [0.05, 0.1) is 73.6 Å². The molecule has 0 aliphatic heterocycles. The molecular formula is C68H62ClF12I2N7O10. The van der Waals surface area contributed by atoms with Crippen molar-refractivity contribution in [3.05, 3.63) is 194 Å². The van der Waals surface area contributed by atoms with Crippen molar-refractivity contribution in [2.75, 3.05) is 73.2 Å². The van der Waals surface area contributed by atoms with E-state index in [1.54, 1.807) is 79.6 Å². The number of aliphatic carboxylic acids is 1. The number of carbonyl (C=O) groups is 1. The minimum Gasteiger partial charge on any atom is -0.493 e. The Balaban J connectivity index is 0.000000265. The summed E-state index contributed by atoms with van der Waals surface area (Å²) in [5.41, 5.74) is 4.47. The Morgan fingerprint density at radius 2 is 0.600 bits per heavy atom. The Hall–Kier alpha value is -9.64. The van der Waals surface area contributed by atoms with Gasteiger partial charge in [-0.15, -0.1) is 12.4 Å². The number of nitrogens with one attached hydrogen (secondary N) is 2. The van der Waals surface area contributed by atoms with E-state index in [1.165, 1.54) is 50.6 Å². The lowest BCUT2D eigenvalue weighted by molar-refractivity contribution is -0.192. The Kier molecular flexibility index (Phi) is 30.6. The van der Waals surface area contributed by atoms with E-state index < -0.39 is 47.4 Å². The van der Waals surface area contributed by atoms with Crippen LogP contribution < -0.4 is 54.3 Å². The molecule has 11 rings (SSSR count). The number of aromatic nitrogens is 4. The minimum atomic E-state index is -5.08. The molecule has 5 N–H and O–H groups in total. The normalized spacial score (nSPS) is 10.9. The number of carboxylic acid groups (broad SMARTS) is 1. The van der Waals surface area contributed by atoms with Gasteiger partial charge in [0.15, 0.2) is 46.0 Å². The molecule has 0 bridgehead atoms. The van der Waals surface area contributed by atoms with E-state index in [0.717, 1.165) is 110 Å². The van der Waals surface area contributed by atoms with E-state index in [-0.39, 0.29) is 19.8 Å². The molecule has 534 valence electrons. The van der Waals surface area contributed by atoms with Crippen LogP contribution in [0.15, 0.2) is 170 Å². The number of fused-ring (bicyclic) bond motifs is 4. The zero-order chi connectivity index (χ0) is 72.3. The maximum atomic E-state index is 12.7. The van der Waals surface area contributed by atoms with Gasteiger partial charge in [0.2, 0.25) is 0 Å². The first-order valence-corrected chi connectivity index (χ1v) is 29.9. The second-order valence-electron chi connectivity index (χ2n) is 19.6. The standard InChI is InChI=1S/2C18H15F3N2O2.2C11H10INO2.C7H6F3N.C2HF3O2.CH4.ClH/c2*1-24-15-9-11-7-8-22-17(14(11)10-16(15)25-2)23-13-5-3-12(4-6-13)18(19,20)21;2*1-14-9-5-7-3-4-13-11(12)8(7)6-10(9)15-2;8-7(9,10)5-1-3-6(11)4-2-5;3-2(4,5)1(6)7;;/h2*3-10H,1-2H3,(H,22,23);2*3-6H,1-2H3;1-4H,11H2;(H,6,7);1H4;1H. The molecule has 32 heteroatoms. The topological polar surface area (TPSA) is 213 Å². The summed E-state index contributed by atoms with van der Waals surface area (Å²) in [6, 6.07) is 36.4. The van der Waals surface area contributed by atoms with Crippen LogP contribution >= 0.6 is 57.6 Å². The van der Waals surface area contributed by atoms with Crippen molar-refractivity contribution >= 4 is 135 Å². The molecule has 100 heavy (non-hydrogen) atoms. The molecule has 17 nitrogen and oxygen atoms in total. The first kappa shape index (κ1) is 82.8. The zero-order valence-electron chi connectivity index (χ0n) is 52.9. The van der Waals surface area contributed by atoms with Crippen molar-refractivity contribution in [1.82, 2.24) is 19.9 Å². The average Bonchev–Trinajstić information content (AvgIpc) is 0.824. The number of hydrogen-bond acceptors (Lipinski definition) is 16. The molecular weight excluding hydrogens is 1590 g/mol. The number of hydrogen-bond donors (Lipinski definition) is 4. The van der Waals surface area contributed by atoms with Gasteiger partial charge < -0.3 is 59.4 Å². The molecule has 0 saturated heterocycles. The average molecular weight is 1650 g/mol. The third-order valence-corrected chi connectivity index (χ3v) is 15.1. The number of nitrogens with zero attached hydrogens (tertiary/aromatic N) is 4. The molecule has 7 aromatic carbocycles. The zero-order valence-corrected chi connectivity index (χ0v) is 58.0. The summed E-state index contributed by atoms with van der Waals surface area (Å²) >= 11 is 4.41. The van der Waals surface area contributed by atoms with E-state index in [0.29, 0.717) is 51.7 Å².